The van der Waals surface area contributed by atoms with Crippen molar-refractivity contribution >= 4 is 28.6 Å². The van der Waals surface area contributed by atoms with Crippen molar-refractivity contribution in [2.24, 2.45) is 0 Å². The van der Waals surface area contributed by atoms with Gasteiger partial charge in [-0.2, -0.15) is 0 Å². The first-order chi connectivity index (χ1) is 11.5. The molecular weight excluding hydrogens is 419 g/mol. The lowest BCUT2D eigenvalue weighted by atomic mass is 9.95. The standard InChI is InChI=1S/C19H19IO4/c1-11-17(22-3)14-9-10-15(13-7-5-4-6-8-13)24-19(14)16(20)18(11)23-12(2)21/h4-8,15H,9-10H2,1-3H3. The van der Waals surface area contributed by atoms with Gasteiger partial charge in [-0.25, -0.2) is 0 Å². The molecule has 1 atom stereocenters. The third kappa shape index (κ3) is 3.09. The molecule has 0 bridgehead atoms. The molecule has 2 aromatic carbocycles. The minimum Gasteiger partial charge on any atom is -0.496 e. The van der Waals surface area contributed by atoms with Gasteiger partial charge in [0.2, 0.25) is 0 Å². The van der Waals surface area contributed by atoms with Crippen molar-refractivity contribution in [2.45, 2.75) is 32.8 Å². The Hall–Kier alpha value is -1.76. The van der Waals surface area contributed by atoms with Gasteiger partial charge in [0.05, 0.1) is 10.7 Å². The molecule has 2 aromatic rings. The number of esters is 1. The Bertz CT molecular complexity index is 771. The molecule has 0 aliphatic carbocycles. The largest absolute Gasteiger partial charge is 0.496 e. The van der Waals surface area contributed by atoms with Crippen LogP contribution in [0, 0.1) is 10.5 Å². The predicted molar refractivity (Wildman–Crippen MR) is 99.9 cm³/mol. The average Bonchev–Trinajstić information content (AvgIpc) is 2.59. The summed E-state index contributed by atoms with van der Waals surface area (Å²) in [6.45, 7) is 3.30. The molecule has 0 saturated heterocycles. The summed E-state index contributed by atoms with van der Waals surface area (Å²) in [7, 11) is 1.64. The first-order valence-electron chi connectivity index (χ1n) is 7.81. The van der Waals surface area contributed by atoms with E-state index in [9.17, 15) is 4.79 Å². The Morgan fingerprint density at radius 3 is 2.58 bits per heavy atom. The van der Waals surface area contributed by atoms with E-state index < -0.39 is 0 Å². The number of benzene rings is 2. The highest BCUT2D eigenvalue weighted by Crippen LogP contribution is 2.48. The molecule has 0 radical (unpaired) electrons. The molecule has 24 heavy (non-hydrogen) atoms. The fourth-order valence-electron chi connectivity index (χ4n) is 3.10. The first-order valence-corrected chi connectivity index (χ1v) is 8.89. The van der Waals surface area contributed by atoms with Gasteiger partial charge in [-0.3, -0.25) is 4.79 Å². The smallest absolute Gasteiger partial charge is 0.308 e. The number of hydrogen-bond acceptors (Lipinski definition) is 4. The molecule has 0 fully saturated rings. The molecular formula is C19H19IO4. The summed E-state index contributed by atoms with van der Waals surface area (Å²) < 4.78 is 18.1. The summed E-state index contributed by atoms with van der Waals surface area (Å²) in [6.07, 6.45) is 1.73. The van der Waals surface area contributed by atoms with Crippen LogP contribution in [0.3, 0.4) is 0 Å². The minimum atomic E-state index is -0.353. The van der Waals surface area contributed by atoms with Gasteiger partial charge in [-0.1, -0.05) is 30.3 Å². The van der Waals surface area contributed by atoms with Crippen molar-refractivity contribution in [3.63, 3.8) is 0 Å². The SMILES string of the molecule is COc1c(C)c(OC(C)=O)c(I)c2c1CCC(c1ccccc1)O2. The van der Waals surface area contributed by atoms with Crippen LogP contribution in [0.1, 0.15) is 36.1 Å². The predicted octanol–water partition coefficient (Wildman–Crippen LogP) is 4.60. The summed E-state index contributed by atoms with van der Waals surface area (Å²) in [5.41, 5.74) is 3.02. The van der Waals surface area contributed by atoms with Crippen LogP contribution in [0.2, 0.25) is 0 Å². The number of hydrogen-bond donors (Lipinski definition) is 0. The molecule has 1 aliphatic rings. The molecule has 1 unspecified atom stereocenters. The van der Waals surface area contributed by atoms with E-state index in [2.05, 4.69) is 34.7 Å². The van der Waals surface area contributed by atoms with Crippen molar-refractivity contribution < 1.29 is 19.0 Å². The summed E-state index contributed by atoms with van der Waals surface area (Å²) in [6, 6.07) is 10.2. The third-order valence-electron chi connectivity index (χ3n) is 4.17. The highest BCUT2D eigenvalue weighted by atomic mass is 127. The normalized spacial score (nSPS) is 16.1. The molecule has 0 N–H and O–H groups in total. The second kappa shape index (κ2) is 7.01. The molecule has 0 spiro atoms. The lowest BCUT2D eigenvalue weighted by molar-refractivity contribution is -0.132. The Balaban J connectivity index is 2.07. The zero-order valence-corrected chi connectivity index (χ0v) is 16.0. The number of carbonyl (C=O) groups excluding carboxylic acids is 1. The average molecular weight is 438 g/mol. The van der Waals surface area contributed by atoms with Crippen molar-refractivity contribution in [2.75, 3.05) is 7.11 Å². The Kier molecular flexibility index (Phi) is 4.99. The second-order valence-electron chi connectivity index (χ2n) is 5.76. The van der Waals surface area contributed by atoms with Gasteiger partial charge < -0.3 is 14.2 Å². The van der Waals surface area contributed by atoms with Crippen LogP contribution >= 0.6 is 22.6 Å². The third-order valence-corrected chi connectivity index (χ3v) is 5.15. The quantitative estimate of drug-likeness (QED) is 0.399. The van der Waals surface area contributed by atoms with Crippen molar-refractivity contribution in [3.8, 4) is 17.2 Å². The van der Waals surface area contributed by atoms with Crippen LogP contribution in [0.25, 0.3) is 0 Å². The van der Waals surface area contributed by atoms with E-state index in [4.69, 9.17) is 14.2 Å². The number of carbonyl (C=O) groups is 1. The van der Waals surface area contributed by atoms with Crippen LogP contribution in [0.15, 0.2) is 30.3 Å². The van der Waals surface area contributed by atoms with Gasteiger partial charge in [0.25, 0.3) is 0 Å². The topological polar surface area (TPSA) is 44.8 Å². The Morgan fingerprint density at radius 1 is 1.25 bits per heavy atom. The fourth-order valence-corrected chi connectivity index (χ4v) is 4.07. The number of halogens is 1. The first kappa shape index (κ1) is 17.1. The number of rotatable bonds is 3. The van der Waals surface area contributed by atoms with Crippen LogP contribution in [0.4, 0.5) is 0 Å². The van der Waals surface area contributed by atoms with E-state index in [1.54, 1.807) is 7.11 Å². The van der Waals surface area contributed by atoms with Gasteiger partial charge in [-0.15, -0.1) is 0 Å². The van der Waals surface area contributed by atoms with Crippen molar-refractivity contribution in [1.82, 2.24) is 0 Å². The summed E-state index contributed by atoms with van der Waals surface area (Å²) in [5, 5.41) is 0. The summed E-state index contributed by atoms with van der Waals surface area (Å²) >= 11 is 2.19. The van der Waals surface area contributed by atoms with Crippen molar-refractivity contribution in [3.05, 3.63) is 50.6 Å². The van der Waals surface area contributed by atoms with E-state index in [1.165, 1.54) is 6.92 Å². The number of methoxy groups -OCH3 is 1. The maximum Gasteiger partial charge on any atom is 0.308 e. The molecule has 5 heteroatoms. The van der Waals surface area contributed by atoms with Gasteiger partial charge in [0.15, 0.2) is 5.75 Å². The maximum absolute atomic E-state index is 11.5. The van der Waals surface area contributed by atoms with Crippen molar-refractivity contribution in [1.29, 1.82) is 0 Å². The monoisotopic (exact) mass is 438 g/mol. The molecule has 0 amide bonds. The Morgan fingerprint density at radius 2 is 1.96 bits per heavy atom. The van der Waals surface area contributed by atoms with E-state index in [1.807, 2.05) is 25.1 Å². The lowest BCUT2D eigenvalue weighted by Crippen LogP contribution is -2.18. The summed E-state index contributed by atoms with van der Waals surface area (Å²) in [4.78, 5) is 11.5. The lowest BCUT2D eigenvalue weighted by Gasteiger charge is -2.30. The van der Waals surface area contributed by atoms with Gasteiger partial charge in [0.1, 0.15) is 17.6 Å². The fraction of sp³-hybridized carbons (Fsp3) is 0.316. The second-order valence-corrected chi connectivity index (χ2v) is 6.84. The zero-order chi connectivity index (χ0) is 17.3. The molecule has 0 saturated carbocycles. The molecule has 3 rings (SSSR count). The number of ether oxygens (including phenoxy) is 3. The molecule has 126 valence electrons. The Labute approximate surface area is 155 Å². The van der Waals surface area contributed by atoms with Gasteiger partial charge >= 0.3 is 5.97 Å². The molecule has 4 nitrogen and oxygen atoms in total. The van der Waals surface area contributed by atoms with E-state index in [0.29, 0.717) is 5.75 Å². The highest BCUT2D eigenvalue weighted by molar-refractivity contribution is 14.1. The van der Waals surface area contributed by atoms with E-state index in [0.717, 1.165) is 44.6 Å². The molecule has 0 aromatic heterocycles. The van der Waals surface area contributed by atoms with Gasteiger partial charge in [-0.05, 0) is 47.9 Å². The minimum absolute atomic E-state index is 0.00944. The maximum atomic E-state index is 11.5. The summed E-state index contributed by atoms with van der Waals surface area (Å²) in [5.74, 6) is 1.67. The van der Waals surface area contributed by atoms with E-state index >= 15 is 0 Å². The zero-order valence-electron chi connectivity index (χ0n) is 13.9. The van der Waals surface area contributed by atoms with Crippen LogP contribution in [-0.2, 0) is 11.2 Å². The van der Waals surface area contributed by atoms with Gasteiger partial charge in [0, 0.05) is 18.1 Å². The highest BCUT2D eigenvalue weighted by Gasteiger charge is 2.30. The van der Waals surface area contributed by atoms with Crippen LogP contribution < -0.4 is 14.2 Å². The molecule has 1 aliphatic heterocycles. The van der Waals surface area contributed by atoms with E-state index in [-0.39, 0.29) is 12.1 Å². The molecule has 1 heterocycles. The van der Waals surface area contributed by atoms with Crippen LogP contribution in [0.5, 0.6) is 17.2 Å². The number of fused-ring (bicyclic) bond motifs is 1. The van der Waals surface area contributed by atoms with Crippen LogP contribution in [-0.4, -0.2) is 13.1 Å².